The maximum absolute atomic E-state index is 11.3. The van der Waals surface area contributed by atoms with Crippen LogP contribution in [0.5, 0.6) is 0 Å². The molecule has 0 saturated carbocycles. The molecule has 1 aromatic heterocycles. The molecule has 0 aliphatic rings. The van der Waals surface area contributed by atoms with Gasteiger partial charge in [-0.3, -0.25) is 4.79 Å². The predicted octanol–water partition coefficient (Wildman–Crippen LogP) is 2.66. The highest BCUT2D eigenvalue weighted by atomic mass is 32.1. The first-order valence-corrected chi connectivity index (χ1v) is 7.37. The van der Waals surface area contributed by atoms with Gasteiger partial charge in [-0.1, -0.05) is 38.9 Å². The maximum Gasteiger partial charge on any atom is 0.259 e. The molecule has 0 bridgehead atoms. The number of primary amides is 1. The average Bonchev–Trinajstić information content (AvgIpc) is 2.69. The monoisotopic (exact) mass is 263 g/mol. The molecule has 2 nitrogen and oxygen atoms in total. The van der Waals surface area contributed by atoms with E-state index in [1.165, 1.54) is 16.9 Å². The molecule has 0 fully saturated rings. The normalized spacial score (nSPS) is 11.1. The summed E-state index contributed by atoms with van der Waals surface area (Å²) in [5, 5.41) is 1.10. The zero-order valence-corrected chi connectivity index (χ0v) is 11.4. The minimum Gasteiger partial charge on any atom is -0.365 e. The van der Waals surface area contributed by atoms with E-state index in [-0.39, 0.29) is 5.91 Å². The van der Waals surface area contributed by atoms with Crippen LogP contribution in [0.25, 0.3) is 0 Å². The van der Waals surface area contributed by atoms with Crippen LogP contribution < -0.4 is 11.0 Å². The number of amides is 1. The fourth-order valence-corrected chi connectivity index (χ4v) is 4.10. The van der Waals surface area contributed by atoms with Crippen molar-refractivity contribution in [1.29, 1.82) is 0 Å². The molecule has 1 amide bonds. The summed E-state index contributed by atoms with van der Waals surface area (Å²) in [5.74, 6) is -0.307. The molecule has 1 atom stereocenters. The third kappa shape index (κ3) is 3.15. The Kier molecular flexibility index (Phi) is 3.93. The summed E-state index contributed by atoms with van der Waals surface area (Å²) in [5.41, 5.74) is 6.67. The van der Waals surface area contributed by atoms with Gasteiger partial charge in [0.15, 0.2) is 0 Å². The van der Waals surface area contributed by atoms with Gasteiger partial charge in [0.2, 0.25) is 0 Å². The molecule has 0 radical (unpaired) electrons. The summed E-state index contributed by atoms with van der Waals surface area (Å²) >= 11 is 1.49. The van der Waals surface area contributed by atoms with Gasteiger partial charge >= 0.3 is 0 Å². The number of hydrogen-bond acceptors (Lipinski definition) is 2. The largest absolute Gasteiger partial charge is 0.365 e. The molecule has 1 unspecified atom stereocenters. The van der Waals surface area contributed by atoms with Crippen molar-refractivity contribution in [1.82, 2.24) is 0 Å². The van der Waals surface area contributed by atoms with Gasteiger partial charge < -0.3 is 5.73 Å². The molecule has 1 aromatic carbocycles. The van der Waals surface area contributed by atoms with Crippen LogP contribution in [-0.4, -0.2) is 5.91 Å². The van der Waals surface area contributed by atoms with E-state index in [0.717, 1.165) is 21.2 Å². The Morgan fingerprint density at radius 3 is 2.71 bits per heavy atom. The molecule has 2 aromatic rings. The van der Waals surface area contributed by atoms with Crippen molar-refractivity contribution in [3.63, 3.8) is 0 Å². The van der Waals surface area contributed by atoms with Gasteiger partial charge in [0.25, 0.3) is 5.91 Å². The van der Waals surface area contributed by atoms with Crippen LogP contribution in [0.3, 0.4) is 0 Å². The van der Waals surface area contributed by atoms with Crippen LogP contribution in [0, 0.1) is 6.92 Å². The quantitative estimate of drug-likeness (QED) is 0.847. The van der Waals surface area contributed by atoms with Crippen molar-refractivity contribution < 1.29 is 4.79 Å². The van der Waals surface area contributed by atoms with Gasteiger partial charge in [-0.2, -0.15) is 0 Å². The zero-order valence-electron chi connectivity index (χ0n) is 9.57. The van der Waals surface area contributed by atoms with Gasteiger partial charge in [-0.15, -0.1) is 11.3 Å². The lowest BCUT2D eigenvalue weighted by Gasteiger charge is -2.01. The second-order valence-electron chi connectivity index (χ2n) is 3.80. The molecule has 2 N–H and O–H groups in total. The summed E-state index contributed by atoms with van der Waals surface area (Å²) in [4.78, 5) is 13.2. The van der Waals surface area contributed by atoms with Crippen molar-refractivity contribution in [2.75, 3.05) is 0 Å². The lowest BCUT2D eigenvalue weighted by atomic mass is 10.2. The van der Waals surface area contributed by atoms with Crippen molar-refractivity contribution in [3.05, 3.63) is 51.7 Å². The highest BCUT2D eigenvalue weighted by Gasteiger charge is 2.11. The lowest BCUT2D eigenvalue weighted by Crippen LogP contribution is -2.15. The first kappa shape index (κ1) is 12.3. The van der Waals surface area contributed by atoms with E-state index in [0.29, 0.717) is 8.58 Å². The molecule has 1 heterocycles. The van der Waals surface area contributed by atoms with Gasteiger partial charge in [-0.05, 0) is 30.0 Å². The Balaban J connectivity index is 2.11. The second kappa shape index (κ2) is 5.44. The minimum absolute atomic E-state index is 0.307. The maximum atomic E-state index is 11.3. The average molecular weight is 263 g/mol. The summed E-state index contributed by atoms with van der Waals surface area (Å²) < 4.78 is 0. The van der Waals surface area contributed by atoms with Gasteiger partial charge in [-0.25, -0.2) is 0 Å². The Bertz CT molecular complexity index is 521. The number of nitrogens with two attached hydrogens (primary N) is 1. The Hall–Kier alpha value is -1.18. The predicted molar refractivity (Wildman–Crippen MR) is 75.7 cm³/mol. The fourth-order valence-electron chi connectivity index (χ4n) is 1.62. The van der Waals surface area contributed by atoms with Gasteiger partial charge in [0.1, 0.15) is 0 Å². The molecule has 0 saturated heterocycles. The number of carbonyl (C=O) groups excluding carboxylic acids is 1. The smallest absolute Gasteiger partial charge is 0.259 e. The van der Waals surface area contributed by atoms with Crippen molar-refractivity contribution in [3.8, 4) is 0 Å². The van der Waals surface area contributed by atoms with E-state index in [1.807, 2.05) is 25.1 Å². The zero-order chi connectivity index (χ0) is 12.3. The van der Waals surface area contributed by atoms with Crippen LogP contribution in [0.1, 0.15) is 20.1 Å². The van der Waals surface area contributed by atoms with Crippen molar-refractivity contribution in [2.24, 2.45) is 5.73 Å². The van der Waals surface area contributed by atoms with Gasteiger partial charge in [0.05, 0.1) is 4.88 Å². The summed E-state index contributed by atoms with van der Waals surface area (Å²) in [6.07, 6.45) is 0.970. The molecule has 88 valence electrons. The first-order valence-electron chi connectivity index (χ1n) is 5.35. The van der Waals surface area contributed by atoms with E-state index >= 15 is 0 Å². The molecule has 0 aliphatic heterocycles. The van der Waals surface area contributed by atoms with E-state index < -0.39 is 0 Å². The van der Waals surface area contributed by atoms with Crippen LogP contribution in [-0.2, 0) is 6.16 Å². The van der Waals surface area contributed by atoms with Crippen molar-refractivity contribution in [2.45, 2.75) is 13.1 Å². The topological polar surface area (TPSA) is 43.1 Å². The number of hydrogen-bond donors (Lipinski definition) is 1. The molecule has 2 rings (SSSR count). The van der Waals surface area contributed by atoms with E-state index in [4.69, 9.17) is 5.73 Å². The Morgan fingerprint density at radius 1 is 1.35 bits per heavy atom. The van der Waals surface area contributed by atoms with Crippen LogP contribution in [0.2, 0.25) is 0 Å². The van der Waals surface area contributed by atoms with Gasteiger partial charge in [0, 0.05) is 4.88 Å². The van der Waals surface area contributed by atoms with E-state index in [9.17, 15) is 4.79 Å². The third-order valence-corrected chi connectivity index (χ3v) is 5.01. The molecular weight excluding hydrogens is 249 g/mol. The number of rotatable bonds is 4. The molecule has 4 heteroatoms. The first-order chi connectivity index (χ1) is 8.16. The highest BCUT2D eigenvalue weighted by molar-refractivity contribution is 7.47. The summed E-state index contributed by atoms with van der Waals surface area (Å²) in [6, 6.07) is 12.4. The number of carbonyl (C=O) groups is 1. The summed E-state index contributed by atoms with van der Waals surface area (Å²) in [6.45, 7) is 2.01. The molecular formula is C13H14NOPS. The van der Waals surface area contributed by atoms with Crippen molar-refractivity contribution >= 4 is 31.1 Å². The van der Waals surface area contributed by atoms with Crippen LogP contribution in [0.15, 0.2) is 36.4 Å². The van der Waals surface area contributed by atoms with Crippen LogP contribution >= 0.6 is 19.9 Å². The molecule has 17 heavy (non-hydrogen) atoms. The third-order valence-electron chi connectivity index (χ3n) is 2.40. The van der Waals surface area contributed by atoms with Crippen LogP contribution in [0.4, 0.5) is 0 Å². The number of thiophene rings is 1. The fraction of sp³-hybridized carbons (Fsp3) is 0.154. The minimum atomic E-state index is -0.307. The molecule has 0 aliphatic carbocycles. The Morgan fingerprint density at radius 2 is 2.06 bits per heavy atom. The summed E-state index contributed by atoms with van der Waals surface area (Å²) in [7, 11) is 0.604. The van der Waals surface area contributed by atoms with E-state index in [2.05, 4.69) is 18.2 Å². The van der Waals surface area contributed by atoms with E-state index in [1.54, 1.807) is 0 Å². The standard InChI is InChI=1S/C13H14NOPS/c1-9-7-11(12(17-9)13(14)15)16-8-10-5-3-2-4-6-10/h2-7,16H,8H2,1H3,(H2,14,15). The number of benzene rings is 1. The second-order valence-corrected chi connectivity index (χ2v) is 6.31. The number of aryl methyl sites for hydroxylation is 1. The Labute approximate surface area is 107 Å². The SMILES string of the molecule is Cc1cc(PCc2ccccc2)c(C(N)=O)s1. The highest BCUT2D eigenvalue weighted by Crippen LogP contribution is 2.25. The lowest BCUT2D eigenvalue weighted by molar-refractivity contribution is 0.100. The molecule has 0 spiro atoms.